The number of amides is 1. The van der Waals surface area contributed by atoms with Crippen LogP contribution in [0.4, 0.5) is 5.69 Å². The molecule has 5 nitrogen and oxygen atoms in total. The van der Waals surface area contributed by atoms with Crippen molar-refractivity contribution in [3.05, 3.63) is 65.9 Å². The third-order valence-corrected chi connectivity index (χ3v) is 5.36. The van der Waals surface area contributed by atoms with Crippen LogP contribution in [-0.4, -0.2) is 56.6 Å². The monoisotopic (exact) mass is 379 g/mol. The van der Waals surface area contributed by atoms with E-state index < -0.39 is 0 Å². The molecule has 0 aliphatic heterocycles. The molecule has 2 atom stereocenters. The van der Waals surface area contributed by atoms with Gasteiger partial charge in [-0.1, -0.05) is 30.3 Å². The van der Waals surface area contributed by atoms with E-state index in [1.54, 1.807) is 4.90 Å². The number of hydrogen-bond acceptors (Lipinski definition) is 2. The summed E-state index contributed by atoms with van der Waals surface area (Å²) >= 11 is 0. The number of H-pyrrole nitrogens is 1. The first kappa shape index (κ1) is 20.0. The summed E-state index contributed by atoms with van der Waals surface area (Å²) in [5.41, 5.74) is 4.86. The van der Waals surface area contributed by atoms with Crippen molar-refractivity contribution in [1.82, 2.24) is 9.88 Å². The van der Waals surface area contributed by atoms with Crippen LogP contribution >= 0.6 is 0 Å². The van der Waals surface area contributed by atoms with Crippen LogP contribution in [0.15, 0.2) is 54.7 Å². The van der Waals surface area contributed by atoms with Gasteiger partial charge < -0.3 is 20.1 Å². The molecule has 3 aromatic rings. The van der Waals surface area contributed by atoms with Gasteiger partial charge in [0.2, 0.25) is 0 Å². The van der Waals surface area contributed by atoms with Crippen molar-refractivity contribution in [2.24, 2.45) is 0 Å². The van der Waals surface area contributed by atoms with Crippen molar-refractivity contribution < 1.29 is 10.1 Å². The quantitative estimate of drug-likeness (QED) is 0.662. The summed E-state index contributed by atoms with van der Waals surface area (Å²) in [5.74, 6) is 0.338. The highest BCUT2D eigenvalue weighted by molar-refractivity contribution is 5.84. The van der Waals surface area contributed by atoms with Gasteiger partial charge in [-0.3, -0.25) is 4.79 Å². The van der Waals surface area contributed by atoms with Crippen LogP contribution in [0.5, 0.6) is 0 Å². The first-order valence-corrected chi connectivity index (χ1v) is 9.76. The van der Waals surface area contributed by atoms with Gasteiger partial charge >= 0.3 is 0 Å². The van der Waals surface area contributed by atoms with Crippen LogP contribution in [0.25, 0.3) is 10.9 Å². The Labute approximate surface area is 167 Å². The van der Waals surface area contributed by atoms with Gasteiger partial charge in [0.1, 0.15) is 0 Å². The van der Waals surface area contributed by atoms with E-state index in [1.165, 1.54) is 22.2 Å². The van der Waals surface area contributed by atoms with Crippen LogP contribution in [0.1, 0.15) is 24.0 Å². The molecule has 2 aromatic carbocycles. The number of quaternary nitrogens is 1. The van der Waals surface area contributed by atoms with Gasteiger partial charge in [-0.25, -0.2) is 0 Å². The Bertz CT molecular complexity index is 927. The minimum Gasteiger partial charge on any atom is -0.378 e. The predicted molar refractivity (Wildman–Crippen MR) is 116 cm³/mol. The summed E-state index contributed by atoms with van der Waals surface area (Å²) in [6.45, 7) is 2.79. The number of fused-ring (bicyclic) bond motifs is 1. The fourth-order valence-electron chi connectivity index (χ4n) is 3.68. The van der Waals surface area contributed by atoms with E-state index >= 15 is 0 Å². The minimum absolute atomic E-state index is 0.108. The fourth-order valence-corrected chi connectivity index (χ4v) is 3.68. The van der Waals surface area contributed by atoms with E-state index in [-0.39, 0.29) is 17.9 Å². The molecule has 0 spiro atoms. The maximum Gasteiger partial charge on any atom is 0.279 e. The molecule has 1 heterocycles. The number of aromatic amines is 1. The molecule has 1 aromatic heterocycles. The van der Waals surface area contributed by atoms with Crippen LogP contribution in [0, 0.1) is 0 Å². The lowest BCUT2D eigenvalue weighted by atomic mass is 9.90. The Hall–Kier alpha value is -2.79. The van der Waals surface area contributed by atoms with E-state index in [2.05, 4.69) is 78.0 Å². The Morgan fingerprint density at radius 2 is 1.71 bits per heavy atom. The fraction of sp³-hybridized carbons (Fsp3) is 0.348. The molecule has 0 aliphatic rings. The molecule has 0 saturated carbocycles. The highest BCUT2D eigenvalue weighted by Crippen LogP contribution is 2.30. The van der Waals surface area contributed by atoms with Crippen molar-refractivity contribution in [2.45, 2.75) is 18.9 Å². The van der Waals surface area contributed by atoms with Gasteiger partial charge in [0, 0.05) is 51.0 Å². The summed E-state index contributed by atoms with van der Waals surface area (Å²) in [5, 5.41) is 3.39. The molecule has 5 heteroatoms. The van der Waals surface area contributed by atoms with Crippen molar-refractivity contribution in [3.8, 4) is 0 Å². The van der Waals surface area contributed by atoms with Crippen LogP contribution in [-0.2, 0) is 4.79 Å². The van der Waals surface area contributed by atoms with Gasteiger partial charge in [-0.15, -0.1) is 0 Å². The average Bonchev–Trinajstić information content (AvgIpc) is 3.11. The topological polar surface area (TPSA) is 56.0 Å². The van der Waals surface area contributed by atoms with E-state index in [0.29, 0.717) is 0 Å². The number of rotatable bonds is 7. The average molecular weight is 380 g/mol. The Morgan fingerprint density at radius 3 is 2.36 bits per heavy atom. The number of nitrogens with two attached hydrogens (primary N) is 1. The normalized spacial score (nSPS) is 13.3. The highest BCUT2D eigenvalue weighted by Gasteiger charge is 2.24. The number of para-hydroxylation sites is 1. The Balaban J connectivity index is 1.93. The molecule has 148 valence electrons. The molecule has 0 aliphatic carbocycles. The van der Waals surface area contributed by atoms with E-state index in [9.17, 15) is 4.79 Å². The maximum atomic E-state index is 12.3. The maximum absolute atomic E-state index is 12.3. The van der Waals surface area contributed by atoms with Crippen LogP contribution in [0.3, 0.4) is 0 Å². The molecule has 0 radical (unpaired) electrons. The Morgan fingerprint density at radius 1 is 1.04 bits per heavy atom. The summed E-state index contributed by atoms with van der Waals surface area (Å²) in [7, 11) is 7.72. The SMILES string of the molecule is C[C@H]([NH2+]C[C@H](c1ccc(N(C)C)cc1)c1c[nH]c2ccccc12)C(=O)N(C)C. The van der Waals surface area contributed by atoms with Crippen LogP contribution in [0.2, 0.25) is 0 Å². The molecule has 1 amide bonds. The first-order valence-electron chi connectivity index (χ1n) is 9.76. The summed E-state index contributed by atoms with van der Waals surface area (Å²) in [6, 6.07) is 17.0. The molecule has 0 saturated heterocycles. The number of nitrogens with zero attached hydrogens (tertiary/aromatic N) is 2. The van der Waals surface area contributed by atoms with E-state index in [1.807, 2.05) is 27.1 Å². The second-order valence-corrected chi connectivity index (χ2v) is 7.82. The van der Waals surface area contributed by atoms with Crippen molar-refractivity contribution in [1.29, 1.82) is 0 Å². The number of anilines is 1. The lowest BCUT2D eigenvalue weighted by Crippen LogP contribution is -2.92. The third kappa shape index (κ3) is 4.20. The smallest absolute Gasteiger partial charge is 0.279 e. The summed E-state index contributed by atoms with van der Waals surface area (Å²) < 4.78 is 0. The van der Waals surface area contributed by atoms with Gasteiger partial charge in [0.25, 0.3) is 5.91 Å². The number of likely N-dealkylation sites (N-methyl/N-ethyl adjacent to an activating group) is 1. The molecule has 0 bridgehead atoms. The minimum atomic E-state index is -0.108. The molecule has 28 heavy (non-hydrogen) atoms. The number of carbonyl (C=O) groups excluding carboxylic acids is 1. The third-order valence-electron chi connectivity index (χ3n) is 5.36. The standard InChI is InChI=1S/C23H30N4O/c1-16(23(28)27(4)5)24-14-20(17-10-12-18(13-11-17)26(2)3)21-15-25-22-9-7-6-8-19(21)22/h6-13,15-16,20,24-25H,14H2,1-5H3/p+1/t16-,20+/m0/s1. The largest absolute Gasteiger partial charge is 0.378 e. The van der Waals surface area contributed by atoms with Crippen molar-refractivity contribution in [2.75, 3.05) is 39.6 Å². The number of benzene rings is 2. The zero-order valence-corrected chi connectivity index (χ0v) is 17.4. The number of carbonyl (C=O) groups is 1. The zero-order chi connectivity index (χ0) is 20.3. The highest BCUT2D eigenvalue weighted by atomic mass is 16.2. The van der Waals surface area contributed by atoms with Crippen molar-refractivity contribution in [3.63, 3.8) is 0 Å². The number of aromatic nitrogens is 1. The lowest BCUT2D eigenvalue weighted by molar-refractivity contribution is -0.675. The van der Waals surface area contributed by atoms with Crippen LogP contribution < -0.4 is 10.2 Å². The number of hydrogen-bond donors (Lipinski definition) is 2. The molecule has 3 N–H and O–H groups in total. The van der Waals surface area contributed by atoms with Gasteiger partial charge in [-0.05, 0) is 36.2 Å². The predicted octanol–water partition coefficient (Wildman–Crippen LogP) is 2.41. The molecule has 0 fully saturated rings. The second-order valence-electron chi connectivity index (χ2n) is 7.82. The van der Waals surface area contributed by atoms with Gasteiger partial charge in [0.15, 0.2) is 6.04 Å². The van der Waals surface area contributed by atoms with Gasteiger partial charge in [-0.2, -0.15) is 0 Å². The molecular formula is C23H31N4O+. The summed E-state index contributed by atoms with van der Waals surface area (Å²) in [4.78, 5) is 19.5. The summed E-state index contributed by atoms with van der Waals surface area (Å²) in [6.07, 6.45) is 2.11. The molecular weight excluding hydrogens is 348 g/mol. The lowest BCUT2D eigenvalue weighted by Gasteiger charge is -2.21. The zero-order valence-electron chi connectivity index (χ0n) is 17.4. The van der Waals surface area contributed by atoms with E-state index in [0.717, 1.165) is 12.1 Å². The molecule has 0 unspecified atom stereocenters. The van der Waals surface area contributed by atoms with Gasteiger partial charge in [0.05, 0.1) is 12.5 Å². The Kier molecular flexibility index (Phi) is 6.05. The van der Waals surface area contributed by atoms with E-state index in [4.69, 9.17) is 0 Å². The van der Waals surface area contributed by atoms with Crippen molar-refractivity contribution >= 4 is 22.5 Å². The first-order chi connectivity index (χ1) is 13.4. The second kappa shape index (κ2) is 8.48. The number of nitrogens with one attached hydrogen (secondary N) is 1. The molecule has 3 rings (SSSR count).